The zero-order valence-electron chi connectivity index (χ0n) is 17.5. The van der Waals surface area contributed by atoms with E-state index >= 15 is 0 Å². The molecule has 0 spiro atoms. The Morgan fingerprint density at radius 2 is 2.22 bits per heavy atom. The molecular weight excluding hydrogens is 410 g/mol. The predicted molar refractivity (Wildman–Crippen MR) is 116 cm³/mol. The van der Waals surface area contributed by atoms with Crippen LogP contribution in [-0.4, -0.2) is 47.6 Å². The average molecular weight is 431 g/mol. The smallest absolute Gasteiger partial charge is 0.351 e. The van der Waals surface area contributed by atoms with Crippen molar-refractivity contribution in [1.82, 2.24) is 14.5 Å². The summed E-state index contributed by atoms with van der Waals surface area (Å²) in [6.45, 7) is 1.46. The van der Waals surface area contributed by atoms with Crippen molar-refractivity contribution in [2.75, 3.05) is 26.9 Å². The van der Waals surface area contributed by atoms with Crippen LogP contribution >= 0.6 is 0 Å². The highest BCUT2D eigenvalue weighted by Gasteiger charge is 2.24. The molecule has 3 aromatic rings. The van der Waals surface area contributed by atoms with Crippen molar-refractivity contribution < 1.29 is 18.9 Å². The van der Waals surface area contributed by atoms with Gasteiger partial charge in [-0.1, -0.05) is 17.9 Å². The maximum atomic E-state index is 12.6. The topological polar surface area (TPSA) is 84.7 Å². The second-order valence-electron chi connectivity index (χ2n) is 7.44. The molecule has 4 heterocycles. The van der Waals surface area contributed by atoms with Gasteiger partial charge in [0.15, 0.2) is 11.9 Å². The van der Waals surface area contributed by atoms with Crippen molar-refractivity contribution in [2.24, 2.45) is 0 Å². The van der Waals surface area contributed by atoms with Crippen LogP contribution in [-0.2, 0) is 17.7 Å². The lowest BCUT2D eigenvalue weighted by molar-refractivity contribution is 0.0486. The summed E-state index contributed by atoms with van der Waals surface area (Å²) in [5.41, 5.74) is 3.50. The maximum absolute atomic E-state index is 12.6. The second kappa shape index (κ2) is 8.73. The van der Waals surface area contributed by atoms with Crippen LogP contribution in [0.5, 0.6) is 17.5 Å². The number of nitrogens with zero attached hydrogens (tertiary/aromatic N) is 3. The van der Waals surface area contributed by atoms with E-state index in [2.05, 4.69) is 27.9 Å². The summed E-state index contributed by atoms with van der Waals surface area (Å²) in [5, 5.41) is 0. The quantitative estimate of drug-likeness (QED) is 0.585. The molecule has 8 nitrogen and oxygen atoms in total. The minimum Gasteiger partial charge on any atom is -0.478 e. The summed E-state index contributed by atoms with van der Waals surface area (Å²) in [6, 6.07) is 11.4. The van der Waals surface area contributed by atoms with Crippen molar-refractivity contribution in [3.05, 3.63) is 64.2 Å². The molecule has 32 heavy (non-hydrogen) atoms. The van der Waals surface area contributed by atoms with Gasteiger partial charge in [0.2, 0.25) is 5.88 Å². The summed E-state index contributed by atoms with van der Waals surface area (Å²) >= 11 is 0. The maximum Gasteiger partial charge on any atom is 0.351 e. The van der Waals surface area contributed by atoms with Gasteiger partial charge < -0.3 is 18.9 Å². The summed E-state index contributed by atoms with van der Waals surface area (Å²) in [4.78, 5) is 20.8. The number of pyridine rings is 1. The fourth-order valence-electron chi connectivity index (χ4n) is 3.79. The molecule has 0 radical (unpaired) electrons. The first-order chi connectivity index (χ1) is 15.7. The van der Waals surface area contributed by atoms with Gasteiger partial charge in [0.25, 0.3) is 5.88 Å². The fraction of sp³-hybridized carbons (Fsp3) is 0.292. The third-order valence-electron chi connectivity index (χ3n) is 5.28. The van der Waals surface area contributed by atoms with Crippen LogP contribution in [0, 0.1) is 11.8 Å². The molecule has 1 unspecified atom stereocenters. The van der Waals surface area contributed by atoms with E-state index in [0.29, 0.717) is 31.4 Å². The van der Waals surface area contributed by atoms with Crippen LogP contribution in [0.15, 0.2) is 47.4 Å². The number of aromatic nitrogens is 3. The standard InChI is InChI=1S/C24H21N3O5/c1-29-11-3-4-16-6-7-19-17(12-16)8-10-27-20(19)13-22(26-24(27)28)30-14-18-15-31-23-21(32-18)5-2-9-25-23/h2,5-7,9,12-13,18H,8,10-11,14-15H2,1H3. The predicted octanol–water partition coefficient (Wildman–Crippen LogP) is 2.08. The van der Waals surface area contributed by atoms with Crippen molar-refractivity contribution in [3.63, 3.8) is 0 Å². The van der Waals surface area contributed by atoms with Crippen molar-refractivity contribution >= 4 is 0 Å². The Labute approximate surface area is 184 Å². The van der Waals surface area contributed by atoms with E-state index in [1.165, 1.54) is 0 Å². The van der Waals surface area contributed by atoms with Gasteiger partial charge in [0, 0.05) is 37.0 Å². The molecule has 0 amide bonds. The highest BCUT2D eigenvalue weighted by Crippen LogP contribution is 2.31. The van der Waals surface area contributed by atoms with Crippen LogP contribution in [0.4, 0.5) is 0 Å². The van der Waals surface area contributed by atoms with Gasteiger partial charge in [-0.15, -0.1) is 0 Å². The molecule has 2 aliphatic heterocycles. The molecule has 0 bridgehead atoms. The Kier molecular flexibility index (Phi) is 5.48. The molecule has 0 saturated carbocycles. The van der Waals surface area contributed by atoms with Gasteiger partial charge in [0.05, 0.1) is 5.69 Å². The van der Waals surface area contributed by atoms with Crippen LogP contribution in [0.3, 0.4) is 0 Å². The lowest BCUT2D eigenvalue weighted by Gasteiger charge is -2.25. The fourth-order valence-corrected chi connectivity index (χ4v) is 3.79. The molecule has 2 aliphatic rings. The molecule has 1 aromatic carbocycles. The molecule has 5 rings (SSSR count). The number of ether oxygens (including phenoxy) is 4. The number of hydrogen-bond donors (Lipinski definition) is 0. The highest BCUT2D eigenvalue weighted by atomic mass is 16.6. The van der Waals surface area contributed by atoms with E-state index in [0.717, 1.165) is 28.8 Å². The van der Waals surface area contributed by atoms with Crippen LogP contribution in [0.25, 0.3) is 11.3 Å². The van der Waals surface area contributed by atoms with Crippen LogP contribution < -0.4 is 19.9 Å². The molecule has 0 aliphatic carbocycles. The van der Waals surface area contributed by atoms with E-state index < -0.39 is 0 Å². The van der Waals surface area contributed by atoms with Crippen molar-refractivity contribution in [2.45, 2.75) is 19.1 Å². The Hall–Kier alpha value is -3.83. The monoisotopic (exact) mass is 431 g/mol. The first-order valence-electron chi connectivity index (χ1n) is 10.3. The van der Waals surface area contributed by atoms with Crippen LogP contribution in [0.1, 0.15) is 11.1 Å². The third kappa shape index (κ3) is 4.03. The number of benzene rings is 1. The van der Waals surface area contributed by atoms with E-state index in [1.807, 2.05) is 12.1 Å². The zero-order valence-corrected chi connectivity index (χ0v) is 17.5. The Bertz CT molecular complexity index is 1270. The molecule has 162 valence electrons. The van der Waals surface area contributed by atoms with E-state index in [1.54, 1.807) is 36.1 Å². The van der Waals surface area contributed by atoms with Crippen LogP contribution in [0.2, 0.25) is 0 Å². The second-order valence-corrected chi connectivity index (χ2v) is 7.44. The summed E-state index contributed by atoms with van der Waals surface area (Å²) in [6.07, 6.45) is 2.06. The van der Waals surface area contributed by atoms with E-state index in [-0.39, 0.29) is 24.3 Å². The van der Waals surface area contributed by atoms with E-state index in [9.17, 15) is 4.79 Å². The molecular formula is C24H21N3O5. The number of methoxy groups -OCH3 is 1. The number of fused-ring (bicyclic) bond motifs is 4. The SMILES string of the molecule is COCC#Cc1ccc2c(c1)CCn1c-2cc(OCC2COc3ncccc3O2)nc1=O. The van der Waals surface area contributed by atoms with Gasteiger partial charge in [-0.3, -0.25) is 4.57 Å². The summed E-state index contributed by atoms with van der Waals surface area (Å²) in [7, 11) is 1.62. The molecule has 1 atom stereocenters. The summed E-state index contributed by atoms with van der Waals surface area (Å²) in [5.74, 6) is 7.37. The Morgan fingerprint density at radius 3 is 3.12 bits per heavy atom. The largest absolute Gasteiger partial charge is 0.478 e. The molecule has 0 fully saturated rings. The molecule has 2 aromatic heterocycles. The normalized spacial score (nSPS) is 15.7. The first-order valence-corrected chi connectivity index (χ1v) is 10.3. The third-order valence-corrected chi connectivity index (χ3v) is 5.28. The molecule has 0 N–H and O–H groups in total. The molecule has 0 saturated heterocycles. The minimum atomic E-state index is -0.331. The number of aryl methyl sites for hydroxylation is 1. The Morgan fingerprint density at radius 1 is 1.28 bits per heavy atom. The molecule has 8 heteroatoms. The average Bonchev–Trinajstić information content (AvgIpc) is 2.82. The van der Waals surface area contributed by atoms with Gasteiger partial charge in [-0.25, -0.2) is 9.78 Å². The lowest BCUT2D eigenvalue weighted by atomic mass is 9.95. The van der Waals surface area contributed by atoms with E-state index in [4.69, 9.17) is 18.9 Å². The van der Waals surface area contributed by atoms with Gasteiger partial charge >= 0.3 is 5.69 Å². The Balaban J connectivity index is 1.35. The van der Waals surface area contributed by atoms with Crippen molar-refractivity contribution in [1.29, 1.82) is 0 Å². The van der Waals surface area contributed by atoms with Crippen molar-refractivity contribution in [3.8, 4) is 40.6 Å². The minimum absolute atomic E-state index is 0.200. The summed E-state index contributed by atoms with van der Waals surface area (Å²) < 4.78 is 24.0. The lowest BCUT2D eigenvalue weighted by Crippen LogP contribution is -2.35. The highest BCUT2D eigenvalue weighted by molar-refractivity contribution is 5.67. The number of rotatable bonds is 4. The first kappa shape index (κ1) is 20.1. The van der Waals surface area contributed by atoms with Gasteiger partial charge in [-0.2, -0.15) is 4.98 Å². The van der Waals surface area contributed by atoms with Gasteiger partial charge in [-0.05, 0) is 36.2 Å². The zero-order chi connectivity index (χ0) is 21.9. The van der Waals surface area contributed by atoms with Gasteiger partial charge in [0.1, 0.15) is 19.8 Å². The number of hydrogen-bond acceptors (Lipinski definition) is 7.